The fourth-order valence-corrected chi connectivity index (χ4v) is 2.65. The molecule has 0 aromatic heterocycles. The van der Waals surface area contributed by atoms with Crippen LogP contribution in [0.2, 0.25) is 0 Å². The number of carbonyl (C=O) groups excluding carboxylic acids is 2. The summed E-state index contributed by atoms with van der Waals surface area (Å²) in [5.41, 5.74) is 1.34. The van der Waals surface area contributed by atoms with Crippen molar-refractivity contribution in [3.63, 3.8) is 0 Å². The van der Waals surface area contributed by atoms with Crippen molar-refractivity contribution in [2.24, 2.45) is 0 Å². The SMILES string of the molecule is COC(=O)/C(C#N)=C/c1ccc(OC(=O)COc2ccccc2C(C)C)c(OC)c1. The number of benzene rings is 2. The summed E-state index contributed by atoms with van der Waals surface area (Å²) < 4.78 is 20.8. The first kappa shape index (κ1) is 22.5. The van der Waals surface area contributed by atoms with E-state index in [1.54, 1.807) is 18.2 Å². The molecule has 0 heterocycles. The number of rotatable bonds is 8. The minimum atomic E-state index is -0.745. The molecular weight excluding hydrogens is 386 g/mol. The molecule has 156 valence electrons. The van der Waals surface area contributed by atoms with Crippen molar-refractivity contribution in [2.75, 3.05) is 20.8 Å². The molecule has 2 aromatic carbocycles. The molecule has 0 aliphatic rings. The minimum Gasteiger partial charge on any atom is -0.493 e. The zero-order valence-electron chi connectivity index (χ0n) is 17.3. The van der Waals surface area contributed by atoms with E-state index in [2.05, 4.69) is 4.74 Å². The first-order valence-corrected chi connectivity index (χ1v) is 9.20. The molecule has 0 amide bonds. The number of nitrogens with zero attached hydrogens (tertiary/aromatic N) is 1. The van der Waals surface area contributed by atoms with Gasteiger partial charge in [0.1, 0.15) is 17.4 Å². The normalized spacial score (nSPS) is 10.9. The van der Waals surface area contributed by atoms with Crippen LogP contribution in [0.1, 0.15) is 30.9 Å². The fourth-order valence-electron chi connectivity index (χ4n) is 2.65. The molecule has 0 saturated heterocycles. The van der Waals surface area contributed by atoms with Crippen LogP contribution in [0.5, 0.6) is 17.2 Å². The van der Waals surface area contributed by atoms with E-state index in [-0.39, 0.29) is 29.6 Å². The second kappa shape index (κ2) is 10.7. The maximum absolute atomic E-state index is 12.3. The van der Waals surface area contributed by atoms with Crippen LogP contribution < -0.4 is 14.2 Å². The van der Waals surface area contributed by atoms with Gasteiger partial charge in [0.2, 0.25) is 0 Å². The standard InChI is InChI=1S/C23H23NO6/c1-15(2)18-7-5-6-8-19(18)29-14-22(25)30-20-10-9-16(12-21(20)27-3)11-17(13-24)23(26)28-4/h5-12,15H,14H2,1-4H3/b17-11+. The van der Waals surface area contributed by atoms with E-state index in [0.29, 0.717) is 11.3 Å². The Bertz CT molecular complexity index is 987. The summed E-state index contributed by atoms with van der Waals surface area (Å²) >= 11 is 0. The lowest BCUT2D eigenvalue weighted by atomic mass is 10.0. The van der Waals surface area contributed by atoms with Gasteiger partial charge in [0.05, 0.1) is 14.2 Å². The van der Waals surface area contributed by atoms with E-state index in [1.807, 2.05) is 32.0 Å². The van der Waals surface area contributed by atoms with Gasteiger partial charge >= 0.3 is 11.9 Å². The third-order valence-corrected chi connectivity index (χ3v) is 4.13. The highest BCUT2D eigenvalue weighted by molar-refractivity contribution is 5.97. The number of ether oxygens (including phenoxy) is 4. The van der Waals surface area contributed by atoms with Gasteiger partial charge in [-0.2, -0.15) is 5.26 Å². The molecule has 0 N–H and O–H groups in total. The maximum Gasteiger partial charge on any atom is 0.349 e. The molecule has 0 saturated carbocycles. The number of esters is 2. The number of hydrogen-bond acceptors (Lipinski definition) is 7. The highest BCUT2D eigenvalue weighted by atomic mass is 16.6. The molecule has 0 aliphatic heterocycles. The summed E-state index contributed by atoms with van der Waals surface area (Å²) in [6, 6.07) is 13.9. The van der Waals surface area contributed by atoms with Crippen LogP contribution >= 0.6 is 0 Å². The Kier molecular flexibility index (Phi) is 8.00. The van der Waals surface area contributed by atoms with Crippen LogP contribution in [0.3, 0.4) is 0 Å². The van der Waals surface area contributed by atoms with Crippen molar-refractivity contribution < 1.29 is 28.5 Å². The van der Waals surface area contributed by atoms with E-state index in [4.69, 9.17) is 19.5 Å². The van der Waals surface area contributed by atoms with Crippen LogP contribution in [0.15, 0.2) is 48.0 Å². The molecule has 0 bridgehead atoms. The van der Waals surface area contributed by atoms with Gasteiger partial charge in [-0.1, -0.05) is 38.1 Å². The number of carbonyl (C=O) groups is 2. The number of nitriles is 1. The van der Waals surface area contributed by atoms with Gasteiger partial charge in [-0.25, -0.2) is 9.59 Å². The Hall–Kier alpha value is -3.79. The monoisotopic (exact) mass is 409 g/mol. The summed E-state index contributed by atoms with van der Waals surface area (Å²) in [7, 11) is 2.61. The van der Waals surface area contributed by atoms with Crippen molar-refractivity contribution in [3.8, 4) is 23.3 Å². The predicted octanol–water partition coefficient (Wildman–Crippen LogP) is 3.88. The Morgan fingerprint density at radius 3 is 2.43 bits per heavy atom. The Morgan fingerprint density at radius 1 is 1.07 bits per heavy atom. The van der Waals surface area contributed by atoms with Gasteiger partial charge < -0.3 is 18.9 Å². The van der Waals surface area contributed by atoms with Gasteiger partial charge in [0.25, 0.3) is 0 Å². The van der Waals surface area contributed by atoms with E-state index < -0.39 is 11.9 Å². The van der Waals surface area contributed by atoms with Crippen molar-refractivity contribution in [1.82, 2.24) is 0 Å². The minimum absolute atomic E-state index is 0.165. The molecule has 0 unspecified atom stereocenters. The van der Waals surface area contributed by atoms with E-state index in [0.717, 1.165) is 5.56 Å². The second-order valence-corrected chi connectivity index (χ2v) is 6.53. The zero-order chi connectivity index (χ0) is 22.1. The van der Waals surface area contributed by atoms with E-state index in [9.17, 15) is 9.59 Å². The van der Waals surface area contributed by atoms with Crippen molar-refractivity contribution in [1.29, 1.82) is 5.26 Å². The molecule has 0 radical (unpaired) electrons. The molecule has 0 fully saturated rings. The zero-order valence-corrected chi connectivity index (χ0v) is 17.3. The van der Waals surface area contributed by atoms with Crippen LogP contribution in [0, 0.1) is 11.3 Å². The van der Waals surface area contributed by atoms with Gasteiger partial charge in [-0.3, -0.25) is 0 Å². The second-order valence-electron chi connectivity index (χ2n) is 6.53. The average molecular weight is 409 g/mol. The summed E-state index contributed by atoms with van der Waals surface area (Å²) in [4.78, 5) is 23.8. The smallest absolute Gasteiger partial charge is 0.349 e. The van der Waals surface area contributed by atoms with Gasteiger partial charge in [-0.05, 0) is 41.3 Å². The van der Waals surface area contributed by atoms with E-state index >= 15 is 0 Å². The van der Waals surface area contributed by atoms with E-state index in [1.165, 1.54) is 32.4 Å². The molecule has 2 aromatic rings. The van der Waals surface area contributed by atoms with Gasteiger partial charge in [0.15, 0.2) is 18.1 Å². The Balaban J connectivity index is 2.11. The number of para-hydroxylation sites is 1. The third-order valence-electron chi connectivity index (χ3n) is 4.13. The Morgan fingerprint density at radius 2 is 1.80 bits per heavy atom. The first-order chi connectivity index (χ1) is 14.4. The summed E-state index contributed by atoms with van der Waals surface area (Å²) in [6.45, 7) is 3.81. The molecule has 0 atom stereocenters. The topological polar surface area (TPSA) is 94.9 Å². The van der Waals surface area contributed by atoms with Crippen LogP contribution in [-0.4, -0.2) is 32.8 Å². The molecular formula is C23H23NO6. The molecule has 7 nitrogen and oxygen atoms in total. The highest BCUT2D eigenvalue weighted by Crippen LogP contribution is 2.30. The van der Waals surface area contributed by atoms with Crippen LogP contribution in [0.4, 0.5) is 0 Å². The third kappa shape index (κ3) is 5.85. The lowest BCUT2D eigenvalue weighted by Gasteiger charge is -2.14. The first-order valence-electron chi connectivity index (χ1n) is 9.20. The molecule has 0 spiro atoms. The fraction of sp³-hybridized carbons (Fsp3) is 0.261. The largest absolute Gasteiger partial charge is 0.493 e. The molecule has 0 aliphatic carbocycles. The van der Waals surface area contributed by atoms with Gasteiger partial charge in [-0.15, -0.1) is 0 Å². The summed E-state index contributed by atoms with van der Waals surface area (Å²) in [5, 5.41) is 9.06. The van der Waals surface area contributed by atoms with Gasteiger partial charge in [0, 0.05) is 0 Å². The van der Waals surface area contributed by atoms with Crippen LogP contribution in [-0.2, 0) is 14.3 Å². The summed E-state index contributed by atoms with van der Waals surface area (Å²) in [6.07, 6.45) is 1.35. The number of hydrogen-bond donors (Lipinski definition) is 0. The average Bonchev–Trinajstić information content (AvgIpc) is 2.76. The molecule has 7 heteroatoms. The van der Waals surface area contributed by atoms with Crippen molar-refractivity contribution in [3.05, 3.63) is 59.2 Å². The maximum atomic E-state index is 12.3. The lowest BCUT2D eigenvalue weighted by molar-refractivity contribution is -0.137. The van der Waals surface area contributed by atoms with Crippen LogP contribution in [0.25, 0.3) is 6.08 Å². The molecule has 30 heavy (non-hydrogen) atoms. The quantitative estimate of drug-likeness (QED) is 0.283. The number of methoxy groups -OCH3 is 2. The highest BCUT2D eigenvalue weighted by Gasteiger charge is 2.14. The summed E-state index contributed by atoms with van der Waals surface area (Å²) in [5.74, 6) is -0.00280. The van der Waals surface area contributed by atoms with Crippen molar-refractivity contribution in [2.45, 2.75) is 19.8 Å². The van der Waals surface area contributed by atoms with Crippen molar-refractivity contribution >= 4 is 18.0 Å². The lowest BCUT2D eigenvalue weighted by Crippen LogP contribution is -2.18. The molecule has 2 rings (SSSR count). The Labute approximate surface area is 175 Å². The predicted molar refractivity (Wildman–Crippen MR) is 110 cm³/mol.